The Morgan fingerprint density at radius 2 is 1.81 bits per heavy atom. The summed E-state index contributed by atoms with van der Waals surface area (Å²) >= 11 is 6.11. The maximum absolute atomic E-state index is 11.0. The van der Waals surface area contributed by atoms with Gasteiger partial charge in [-0.2, -0.15) is 0 Å². The van der Waals surface area contributed by atoms with Gasteiger partial charge in [-0.1, -0.05) is 72.3 Å². The lowest BCUT2D eigenvalue weighted by Crippen LogP contribution is -2.29. The molecule has 192 valence electrons. The maximum Gasteiger partial charge on any atom is 0.146 e. The summed E-state index contributed by atoms with van der Waals surface area (Å²) < 4.78 is 10.3. The number of aliphatic hydroxyl groups is 2. The molecular weight excluding hydrogens is 486 g/mol. The second-order valence-corrected chi connectivity index (χ2v) is 9.75. The van der Waals surface area contributed by atoms with Gasteiger partial charge in [-0.3, -0.25) is 0 Å². The first-order valence-corrected chi connectivity index (χ1v) is 12.6. The van der Waals surface area contributed by atoms with E-state index in [1.165, 1.54) is 0 Å². The van der Waals surface area contributed by atoms with Crippen molar-refractivity contribution >= 4 is 34.7 Å². The Bertz CT molecular complexity index is 1370. The van der Waals surface area contributed by atoms with E-state index in [1.807, 2.05) is 91.0 Å². The highest BCUT2D eigenvalue weighted by atomic mass is 35.5. The second kappa shape index (κ2) is 12.5. The lowest BCUT2D eigenvalue weighted by Gasteiger charge is -2.26. The van der Waals surface area contributed by atoms with Gasteiger partial charge in [0.05, 0.1) is 23.9 Å². The molecule has 0 amide bonds. The van der Waals surface area contributed by atoms with Crippen molar-refractivity contribution in [2.24, 2.45) is 0 Å². The van der Waals surface area contributed by atoms with Gasteiger partial charge in [-0.05, 0) is 72.4 Å². The SMILES string of the molecule is COCOCC(C)(O)c1ccccc1CC[C@@H](O)c1cccc(/C=C/c2ccc3ccc(Cl)cc3n2)c1. The highest BCUT2D eigenvalue weighted by molar-refractivity contribution is 6.31. The largest absolute Gasteiger partial charge is 0.388 e. The number of aromatic nitrogens is 1. The van der Waals surface area contributed by atoms with Crippen LogP contribution in [0.2, 0.25) is 5.02 Å². The molecule has 1 unspecified atom stereocenters. The van der Waals surface area contributed by atoms with Crippen molar-refractivity contribution in [1.82, 2.24) is 4.98 Å². The summed E-state index contributed by atoms with van der Waals surface area (Å²) in [7, 11) is 1.55. The molecule has 0 radical (unpaired) electrons. The first-order chi connectivity index (χ1) is 17.9. The van der Waals surface area contributed by atoms with Crippen LogP contribution in [0.1, 0.15) is 47.4 Å². The normalized spacial score (nSPS) is 14.2. The third-order valence-corrected chi connectivity index (χ3v) is 6.52. The molecule has 0 fully saturated rings. The van der Waals surface area contributed by atoms with Crippen LogP contribution in [0.3, 0.4) is 0 Å². The average Bonchev–Trinajstić information content (AvgIpc) is 2.90. The van der Waals surface area contributed by atoms with E-state index >= 15 is 0 Å². The fraction of sp³-hybridized carbons (Fsp3) is 0.258. The Morgan fingerprint density at radius 3 is 2.65 bits per heavy atom. The number of pyridine rings is 1. The third kappa shape index (κ3) is 7.25. The smallest absolute Gasteiger partial charge is 0.146 e. The van der Waals surface area contributed by atoms with E-state index in [4.69, 9.17) is 21.1 Å². The summed E-state index contributed by atoms with van der Waals surface area (Å²) in [6, 6.07) is 25.2. The molecule has 0 bridgehead atoms. The number of nitrogens with zero attached hydrogens (tertiary/aromatic N) is 1. The van der Waals surface area contributed by atoms with E-state index in [-0.39, 0.29) is 13.4 Å². The Kier molecular flexibility index (Phi) is 9.09. The third-order valence-electron chi connectivity index (χ3n) is 6.29. The number of methoxy groups -OCH3 is 1. The molecule has 1 aromatic heterocycles. The van der Waals surface area contributed by atoms with Gasteiger partial charge >= 0.3 is 0 Å². The zero-order chi connectivity index (χ0) is 26.3. The Hall–Kier alpha value is -3.06. The van der Waals surface area contributed by atoms with E-state index in [2.05, 4.69) is 4.98 Å². The summed E-state index contributed by atoms with van der Waals surface area (Å²) in [4.78, 5) is 4.67. The van der Waals surface area contributed by atoms with Crippen molar-refractivity contribution in [3.05, 3.63) is 112 Å². The maximum atomic E-state index is 11.0. The minimum Gasteiger partial charge on any atom is -0.388 e. The fourth-order valence-electron chi connectivity index (χ4n) is 4.37. The highest BCUT2D eigenvalue weighted by Gasteiger charge is 2.26. The van der Waals surface area contributed by atoms with E-state index in [9.17, 15) is 10.2 Å². The summed E-state index contributed by atoms with van der Waals surface area (Å²) in [5, 5.41) is 23.6. The van der Waals surface area contributed by atoms with Crippen molar-refractivity contribution < 1.29 is 19.7 Å². The number of halogens is 1. The van der Waals surface area contributed by atoms with E-state index < -0.39 is 11.7 Å². The monoisotopic (exact) mass is 517 g/mol. The fourth-order valence-corrected chi connectivity index (χ4v) is 4.54. The molecule has 0 aliphatic rings. The lowest BCUT2D eigenvalue weighted by atomic mass is 9.89. The molecule has 5 nitrogen and oxygen atoms in total. The number of rotatable bonds is 11. The van der Waals surface area contributed by atoms with E-state index in [0.29, 0.717) is 17.9 Å². The van der Waals surface area contributed by atoms with E-state index in [1.54, 1.807) is 14.0 Å². The van der Waals surface area contributed by atoms with Crippen molar-refractivity contribution in [3.63, 3.8) is 0 Å². The number of aryl methyl sites for hydroxylation is 1. The molecule has 1 heterocycles. The van der Waals surface area contributed by atoms with Gasteiger partial charge in [0, 0.05) is 17.5 Å². The number of benzene rings is 3. The molecule has 2 atom stereocenters. The Labute approximate surface area is 223 Å². The van der Waals surface area contributed by atoms with Crippen LogP contribution in [0.15, 0.2) is 78.9 Å². The van der Waals surface area contributed by atoms with Gasteiger partial charge in [0.1, 0.15) is 12.4 Å². The average molecular weight is 518 g/mol. The summed E-state index contributed by atoms with van der Waals surface area (Å²) in [5.74, 6) is 0. The summed E-state index contributed by atoms with van der Waals surface area (Å²) in [5.41, 5.74) is 4.11. The molecular formula is C31H32ClNO4. The quantitative estimate of drug-likeness (QED) is 0.174. The highest BCUT2D eigenvalue weighted by Crippen LogP contribution is 2.28. The lowest BCUT2D eigenvalue weighted by molar-refractivity contribution is -0.0980. The van der Waals surface area contributed by atoms with Gasteiger partial charge in [-0.25, -0.2) is 4.98 Å². The number of hydrogen-bond donors (Lipinski definition) is 2. The number of hydrogen-bond acceptors (Lipinski definition) is 5. The first-order valence-electron chi connectivity index (χ1n) is 12.3. The molecule has 6 heteroatoms. The molecule has 0 aliphatic carbocycles. The van der Waals surface area contributed by atoms with Crippen molar-refractivity contribution in [2.45, 2.75) is 31.5 Å². The van der Waals surface area contributed by atoms with Crippen LogP contribution in [0.25, 0.3) is 23.1 Å². The molecule has 4 aromatic rings. The van der Waals surface area contributed by atoms with E-state index in [0.717, 1.165) is 38.9 Å². The van der Waals surface area contributed by atoms with Gasteiger partial charge in [0.25, 0.3) is 0 Å². The van der Waals surface area contributed by atoms with Crippen LogP contribution < -0.4 is 0 Å². The Morgan fingerprint density at radius 1 is 1.00 bits per heavy atom. The molecule has 0 aliphatic heterocycles. The molecule has 4 rings (SSSR count). The van der Waals surface area contributed by atoms with Crippen LogP contribution in [0, 0.1) is 0 Å². The van der Waals surface area contributed by atoms with Crippen LogP contribution in [0.5, 0.6) is 0 Å². The molecule has 37 heavy (non-hydrogen) atoms. The number of ether oxygens (including phenoxy) is 2. The summed E-state index contributed by atoms with van der Waals surface area (Å²) in [6.07, 6.45) is 4.43. The molecule has 0 saturated heterocycles. The minimum atomic E-state index is -1.16. The zero-order valence-corrected chi connectivity index (χ0v) is 21.9. The zero-order valence-electron chi connectivity index (χ0n) is 21.1. The van der Waals surface area contributed by atoms with Gasteiger partial charge < -0.3 is 19.7 Å². The standard InChI is InChI=1S/C31H32ClNO4/c1-31(35,20-37-21-36-2)28-9-4-3-7-23(28)13-17-30(34)25-8-5-6-22(18-25)10-15-27-16-12-24-11-14-26(32)19-29(24)33-27/h3-12,14-16,18-19,30,34-35H,13,17,20-21H2,1-2H3/b15-10+/t30-,31?/m1/s1. The van der Waals surface area contributed by atoms with Crippen LogP contribution >= 0.6 is 11.6 Å². The predicted molar refractivity (Wildman–Crippen MR) is 149 cm³/mol. The van der Waals surface area contributed by atoms with Gasteiger partial charge in [0.15, 0.2) is 0 Å². The van der Waals surface area contributed by atoms with Gasteiger partial charge in [-0.15, -0.1) is 0 Å². The van der Waals surface area contributed by atoms with Gasteiger partial charge in [0.2, 0.25) is 0 Å². The molecule has 0 saturated carbocycles. The van der Waals surface area contributed by atoms with Crippen molar-refractivity contribution in [1.29, 1.82) is 0 Å². The van der Waals surface area contributed by atoms with Crippen LogP contribution in [-0.4, -0.2) is 35.7 Å². The van der Waals surface area contributed by atoms with Crippen molar-refractivity contribution in [2.75, 3.05) is 20.5 Å². The van der Waals surface area contributed by atoms with Crippen LogP contribution in [0.4, 0.5) is 0 Å². The topological polar surface area (TPSA) is 71.8 Å². The number of aliphatic hydroxyl groups excluding tert-OH is 1. The summed E-state index contributed by atoms with van der Waals surface area (Å²) in [6.45, 7) is 1.97. The Balaban J connectivity index is 1.43. The molecule has 3 aromatic carbocycles. The second-order valence-electron chi connectivity index (χ2n) is 9.32. The first kappa shape index (κ1) is 27.0. The molecule has 0 spiro atoms. The predicted octanol–water partition coefficient (Wildman–Crippen LogP) is 6.55. The number of fused-ring (bicyclic) bond motifs is 1. The molecule has 2 N–H and O–H groups in total. The minimum absolute atomic E-state index is 0.118. The van der Waals surface area contributed by atoms with Crippen molar-refractivity contribution in [3.8, 4) is 0 Å². The van der Waals surface area contributed by atoms with Crippen LogP contribution in [-0.2, 0) is 21.5 Å².